The highest BCUT2D eigenvalue weighted by Gasteiger charge is 2.79. The van der Waals surface area contributed by atoms with Crippen molar-refractivity contribution in [1.29, 1.82) is 0 Å². The van der Waals surface area contributed by atoms with Crippen LogP contribution in [0.5, 0.6) is 0 Å². The van der Waals surface area contributed by atoms with Gasteiger partial charge in [0.1, 0.15) is 0 Å². The number of halogens is 10. The van der Waals surface area contributed by atoms with Crippen molar-refractivity contribution >= 4 is 31.9 Å². The lowest BCUT2D eigenvalue weighted by Crippen LogP contribution is -2.58. The molecule has 0 amide bonds. The maximum Gasteiger partial charge on any atom is 0.389 e. The van der Waals surface area contributed by atoms with Crippen LogP contribution in [0.25, 0.3) is 0 Å². The quantitative estimate of drug-likeness (QED) is 0.456. The van der Waals surface area contributed by atoms with Crippen molar-refractivity contribution in [2.75, 3.05) is 0 Å². The third-order valence-corrected chi connectivity index (χ3v) is 2.10. The fourth-order valence-electron chi connectivity index (χ4n) is 0.356. The van der Waals surface area contributed by atoms with Gasteiger partial charge < -0.3 is 0 Å². The predicted molar refractivity (Wildman–Crippen MR) is 49.0 cm³/mol. The summed E-state index contributed by atoms with van der Waals surface area (Å²) in [6.07, 6.45) is 0. The Kier molecular flexibility index (Phi) is 6.29. The van der Waals surface area contributed by atoms with E-state index in [1.807, 2.05) is 13.8 Å². The monoisotopic (exact) mass is 388 g/mol. The Balaban J connectivity index is 0. The molecule has 100 valence electrons. The van der Waals surface area contributed by atoms with Gasteiger partial charge in [-0.15, -0.1) is 0 Å². The van der Waals surface area contributed by atoms with E-state index in [4.69, 9.17) is 0 Å². The van der Waals surface area contributed by atoms with Gasteiger partial charge in [-0.2, -0.15) is 35.1 Å². The molecule has 0 aliphatic carbocycles. The van der Waals surface area contributed by atoms with Crippen molar-refractivity contribution in [3.8, 4) is 0 Å². The maximum atomic E-state index is 12.1. The van der Waals surface area contributed by atoms with E-state index >= 15 is 0 Å². The molecule has 0 aliphatic heterocycles. The minimum absolute atomic E-state index is 0.911. The summed E-state index contributed by atoms with van der Waals surface area (Å²) in [6, 6.07) is 0. The van der Waals surface area contributed by atoms with E-state index in [1.54, 1.807) is 0 Å². The SMILES string of the molecule is CC.FC(F)(Br)C(F)(F)C(F)(F)C(F)(F)Br. The van der Waals surface area contributed by atoms with Crippen LogP contribution >= 0.6 is 31.9 Å². The van der Waals surface area contributed by atoms with Crippen molar-refractivity contribution in [2.45, 2.75) is 35.4 Å². The second-order valence-electron chi connectivity index (χ2n) is 2.14. The van der Waals surface area contributed by atoms with Gasteiger partial charge in [0.15, 0.2) is 0 Å². The zero-order valence-electron chi connectivity index (χ0n) is 7.78. The average molecular weight is 390 g/mol. The normalized spacial score (nSPS) is 14.2. The zero-order chi connectivity index (χ0) is 14.0. The summed E-state index contributed by atoms with van der Waals surface area (Å²) in [5, 5.41) is 0. The summed E-state index contributed by atoms with van der Waals surface area (Å²) in [7, 11) is 0. The fourth-order valence-corrected chi connectivity index (χ4v) is 0.854. The summed E-state index contributed by atoms with van der Waals surface area (Å²) < 4.78 is 96.0. The smallest absolute Gasteiger partial charge is 0.191 e. The van der Waals surface area contributed by atoms with Crippen LogP contribution in [0.3, 0.4) is 0 Å². The number of hydrogen-bond donors (Lipinski definition) is 0. The first kappa shape index (κ1) is 18.8. The molecule has 0 radical (unpaired) electrons. The van der Waals surface area contributed by atoms with Crippen molar-refractivity contribution in [2.24, 2.45) is 0 Å². The Morgan fingerprint density at radius 2 is 0.688 bits per heavy atom. The third kappa shape index (κ3) is 3.44. The highest BCUT2D eigenvalue weighted by atomic mass is 79.9. The van der Waals surface area contributed by atoms with Gasteiger partial charge in [0.05, 0.1) is 0 Å². The van der Waals surface area contributed by atoms with E-state index in [2.05, 4.69) is 0 Å². The van der Waals surface area contributed by atoms with Crippen LogP contribution in [0.4, 0.5) is 35.1 Å². The van der Waals surface area contributed by atoms with Crippen molar-refractivity contribution in [1.82, 2.24) is 0 Å². The Hall–Kier alpha value is 0.400. The Morgan fingerprint density at radius 1 is 0.562 bits per heavy atom. The Morgan fingerprint density at radius 3 is 0.750 bits per heavy atom. The first-order valence-corrected chi connectivity index (χ1v) is 5.23. The van der Waals surface area contributed by atoms with Crippen LogP contribution in [0.2, 0.25) is 0 Å². The molecule has 0 nitrogen and oxygen atoms in total. The van der Waals surface area contributed by atoms with E-state index in [0.29, 0.717) is 0 Å². The molecule has 0 N–H and O–H groups in total. The van der Waals surface area contributed by atoms with Crippen molar-refractivity contribution in [3.63, 3.8) is 0 Å². The molecule has 0 rings (SSSR count). The molecular formula is C6H6Br2F8. The summed E-state index contributed by atoms with van der Waals surface area (Å²) in [5.74, 6) is -12.5. The minimum Gasteiger partial charge on any atom is -0.191 e. The highest BCUT2D eigenvalue weighted by molar-refractivity contribution is 9.10. The molecule has 0 spiro atoms. The molecule has 0 heterocycles. The zero-order valence-corrected chi connectivity index (χ0v) is 11.0. The lowest BCUT2D eigenvalue weighted by atomic mass is 10.2. The highest BCUT2D eigenvalue weighted by Crippen LogP contribution is 2.56. The molecule has 0 fully saturated rings. The molecule has 0 aromatic rings. The lowest BCUT2D eigenvalue weighted by molar-refractivity contribution is -0.318. The summed E-state index contributed by atoms with van der Waals surface area (Å²) >= 11 is 1.82. The van der Waals surface area contributed by atoms with E-state index in [1.165, 1.54) is 0 Å². The fraction of sp³-hybridized carbons (Fsp3) is 1.00. The molecule has 0 saturated heterocycles. The largest absolute Gasteiger partial charge is 0.389 e. The first-order chi connectivity index (χ1) is 6.75. The first-order valence-electron chi connectivity index (χ1n) is 3.64. The van der Waals surface area contributed by atoms with Crippen LogP contribution in [0.15, 0.2) is 0 Å². The van der Waals surface area contributed by atoms with Gasteiger partial charge in [0.25, 0.3) is 0 Å². The molecule has 0 aliphatic rings. The Labute approximate surface area is 103 Å². The molecule has 10 heteroatoms. The second kappa shape index (κ2) is 5.36. The summed E-state index contributed by atoms with van der Waals surface area (Å²) in [6.45, 7) is 4.00. The number of alkyl halides is 10. The minimum atomic E-state index is -6.23. The van der Waals surface area contributed by atoms with Gasteiger partial charge in [-0.1, -0.05) is 13.8 Å². The molecule has 0 bridgehead atoms. The predicted octanol–water partition coefficient (Wildman–Crippen LogP) is 5.26. The Bertz CT molecular complexity index is 192. The maximum absolute atomic E-state index is 12.1. The molecular weight excluding hydrogens is 384 g/mol. The van der Waals surface area contributed by atoms with E-state index in [-0.39, 0.29) is 0 Å². The topological polar surface area (TPSA) is 0 Å². The van der Waals surface area contributed by atoms with Gasteiger partial charge in [0.2, 0.25) is 0 Å². The van der Waals surface area contributed by atoms with Crippen molar-refractivity contribution < 1.29 is 35.1 Å². The standard InChI is InChI=1S/C4Br2F8.C2H6/c5-3(11,12)1(7,8)2(9,10)4(6,13)14;1-2/h;1-2H3. The van der Waals surface area contributed by atoms with Gasteiger partial charge in [-0.05, 0) is 31.9 Å². The summed E-state index contributed by atoms with van der Waals surface area (Å²) in [4.78, 5) is -10.9. The van der Waals surface area contributed by atoms with Crippen LogP contribution in [-0.2, 0) is 0 Å². The van der Waals surface area contributed by atoms with Gasteiger partial charge in [-0.3, -0.25) is 0 Å². The number of rotatable bonds is 3. The number of hydrogen-bond acceptors (Lipinski definition) is 0. The second-order valence-corrected chi connectivity index (χ2v) is 4.14. The van der Waals surface area contributed by atoms with Crippen LogP contribution in [0.1, 0.15) is 13.8 Å². The molecule has 0 saturated carbocycles. The van der Waals surface area contributed by atoms with Crippen LogP contribution < -0.4 is 0 Å². The molecule has 16 heavy (non-hydrogen) atoms. The van der Waals surface area contributed by atoms with Gasteiger partial charge >= 0.3 is 21.5 Å². The van der Waals surface area contributed by atoms with Crippen molar-refractivity contribution in [3.05, 3.63) is 0 Å². The van der Waals surface area contributed by atoms with Crippen LogP contribution in [0, 0.1) is 0 Å². The van der Waals surface area contributed by atoms with Gasteiger partial charge in [0, 0.05) is 0 Å². The van der Waals surface area contributed by atoms with E-state index in [0.717, 1.165) is 31.9 Å². The van der Waals surface area contributed by atoms with E-state index in [9.17, 15) is 35.1 Å². The third-order valence-electron chi connectivity index (χ3n) is 1.11. The molecule has 0 aromatic carbocycles. The molecule has 0 unspecified atom stereocenters. The van der Waals surface area contributed by atoms with Crippen LogP contribution in [-0.4, -0.2) is 21.5 Å². The molecule has 0 atom stereocenters. The molecule has 0 aromatic heterocycles. The van der Waals surface area contributed by atoms with E-state index < -0.39 is 21.5 Å². The lowest BCUT2D eigenvalue weighted by Gasteiger charge is -2.31. The summed E-state index contributed by atoms with van der Waals surface area (Å²) in [5.41, 5.74) is 0. The van der Waals surface area contributed by atoms with Gasteiger partial charge in [-0.25, -0.2) is 0 Å². The average Bonchev–Trinajstić information content (AvgIpc) is 2.03.